The number of rotatable bonds is 2. The van der Waals surface area contributed by atoms with Crippen molar-refractivity contribution in [1.29, 1.82) is 0 Å². The molecule has 2 aromatic carbocycles. The van der Waals surface area contributed by atoms with Gasteiger partial charge in [-0.05, 0) is 29.7 Å². The van der Waals surface area contributed by atoms with Gasteiger partial charge in [0.05, 0.1) is 12.5 Å². The summed E-state index contributed by atoms with van der Waals surface area (Å²) in [6.07, 6.45) is 2.10. The van der Waals surface area contributed by atoms with Crippen LogP contribution in [0.1, 0.15) is 24.7 Å². The van der Waals surface area contributed by atoms with E-state index in [-0.39, 0.29) is 5.92 Å². The number of ether oxygens (including phenoxy) is 1. The molecule has 1 aliphatic rings. The Kier molecular flexibility index (Phi) is 3.16. The number of nitrogens with zero attached hydrogens (tertiary/aromatic N) is 2. The van der Waals surface area contributed by atoms with Gasteiger partial charge in [-0.2, -0.15) is 0 Å². The molecule has 0 N–H and O–H groups in total. The molecule has 4 rings (SSSR count). The van der Waals surface area contributed by atoms with Crippen LogP contribution in [0, 0.1) is 0 Å². The Hall–Kier alpha value is -2.20. The van der Waals surface area contributed by atoms with Crippen molar-refractivity contribution in [2.75, 3.05) is 13.2 Å². The fourth-order valence-electron chi connectivity index (χ4n) is 2.86. The fraction of sp³-hybridized carbons (Fsp3) is 0.294. The maximum absolute atomic E-state index is 5.92. The normalized spacial score (nSPS) is 19.0. The van der Waals surface area contributed by atoms with Crippen LogP contribution in [-0.2, 0) is 4.74 Å². The van der Waals surface area contributed by atoms with E-state index in [0.29, 0.717) is 18.4 Å². The summed E-state index contributed by atoms with van der Waals surface area (Å²) in [6.45, 7) is 1.51. The molecular weight excluding hydrogens is 264 g/mol. The highest BCUT2D eigenvalue weighted by molar-refractivity contribution is 5.94. The Labute approximate surface area is 122 Å². The van der Waals surface area contributed by atoms with Gasteiger partial charge < -0.3 is 9.15 Å². The molecule has 1 atom stereocenters. The first-order valence-electron chi connectivity index (χ1n) is 7.31. The zero-order chi connectivity index (χ0) is 14.1. The molecule has 0 amide bonds. The standard InChI is InChI=1S/C17H16N2O2/c1-2-8-14-12(5-1)6-3-9-15(14)17-19-18-16(21-17)13-7-4-10-20-11-13/h1-3,5-6,8-9,13H,4,7,10-11H2. The third-order valence-electron chi connectivity index (χ3n) is 3.97. The lowest BCUT2D eigenvalue weighted by molar-refractivity contribution is 0.0727. The van der Waals surface area contributed by atoms with Crippen LogP contribution in [0.5, 0.6) is 0 Å². The highest BCUT2D eigenvalue weighted by atomic mass is 16.5. The smallest absolute Gasteiger partial charge is 0.248 e. The van der Waals surface area contributed by atoms with Gasteiger partial charge in [0.15, 0.2) is 0 Å². The van der Waals surface area contributed by atoms with Crippen LogP contribution in [0.2, 0.25) is 0 Å². The lowest BCUT2D eigenvalue weighted by atomic mass is 10.0. The Balaban J connectivity index is 1.74. The lowest BCUT2D eigenvalue weighted by Crippen LogP contribution is -2.15. The summed E-state index contributed by atoms with van der Waals surface area (Å²) in [7, 11) is 0. The fourth-order valence-corrected chi connectivity index (χ4v) is 2.86. The van der Waals surface area contributed by atoms with Crippen LogP contribution in [0.4, 0.5) is 0 Å². The van der Waals surface area contributed by atoms with Crippen molar-refractivity contribution in [2.24, 2.45) is 0 Å². The van der Waals surface area contributed by atoms with Crippen LogP contribution in [0.3, 0.4) is 0 Å². The number of aromatic nitrogens is 2. The van der Waals surface area contributed by atoms with E-state index in [4.69, 9.17) is 9.15 Å². The third-order valence-corrected chi connectivity index (χ3v) is 3.97. The Bertz CT molecular complexity index is 755. The molecule has 106 valence electrons. The molecule has 4 heteroatoms. The van der Waals surface area contributed by atoms with Crippen LogP contribution < -0.4 is 0 Å². The molecule has 0 saturated carbocycles. The average Bonchev–Trinajstić information content (AvgIpc) is 3.05. The maximum atomic E-state index is 5.92. The topological polar surface area (TPSA) is 48.2 Å². The summed E-state index contributed by atoms with van der Waals surface area (Å²) >= 11 is 0. The summed E-state index contributed by atoms with van der Waals surface area (Å²) in [5, 5.41) is 10.8. The quantitative estimate of drug-likeness (QED) is 0.716. The van der Waals surface area contributed by atoms with Crippen LogP contribution in [-0.4, -0.2) is 23.4 Å². The highest BCUT2D eigenvalue weighted by Crippen LogP contribution is 2.30. The Morgan fingerprint density at radius 2 is 1.90 bits per heavy atom. The van der Waals surface area contributed by atoms with E-state index in [0.717, 1.165) is 30.4 Å². The van der Waals surface area contributed by atoms with Crippen molar-refractivity contribution in [3.05, 3.63) is 48.4 Å². The summed E-state index contributed by atoms with van der Waals surface area (Å²) in [4.78, 5) is 0. The van der Waals surface area contributed by atoms with Gasteiger partial charge in [-0.1, -0.05) is 36.4 Å². The van der Waals surface area contributed by atoms with Crippen molar-refractivity contribution in [3.8, 4) is 11.5 Å². The van der Waals surface area contributed by atoms with Crippen molar-refractivity contribution < 1.29 is 9.15 Å². The molecule has 0 radical (unpaired) electrons. The number of benzene rings is 2. The molecule has 4 nitrogen and oxygen atoms in total. The van der Waals surface area contributed by atoms with E-state index in [1.54, 1.807) is 0 Å². The van der Waals surface area contributed by atoms with Crippen molar-refractivity contribution in [2.45, 2.75) is 18.8 Å². The van der Waals surface area contributed by atoms with Crippen molar-refractivity contribution >= 4 is 10.8 Å². The van der Waals surface area contributed by atoms with E-state index in [9.17, 15) is 0 Å². The first-order valence-corrected chi connectivity index (χ1v) is 7.31. The van der Waals surface area contributed by atoms with Gasteiger partial charge in [0.25, 0.3) is 0 Å². The third kappa shape index (κ3) is 2.32. The number of fused-ring (bicyclic) bond motifs is 1. The summed E-state index contributed by atoms with van der Waals surface area (Å²) in [5.74, 6) is 1.51. The Morgan fingerprint density at radius 3 is 2.81 bits per heavy atom. The molecule has 1 aliphatic heterocycles. The van der Waals surface area contributed by atoms with Gasteiger partial charge in [0.1, 0.15) is 0 Å². The molecule has 2 heterocycles. The van der Waals surface area contributed by atoms with E-state index >= 15 is 0 Å². The summed E-state index contributed by atoms with van der Waals surface area (Å²) in [5.41, 5.74) is 0.989. The van der Waals surface area contributed by atoms with Gasteiger partial charge in [0, 0.05) is 12.2 Å². The number of hydrogen-bond acceptors (Lipinski definition) is 4. The molecule has 1 fully saturated rings. The second-order valence-corrected chi connectivity index (χ2v) is 5.39. The molecule has 1 saturated heterocycles. The van der Waals surface area contributed by atoms with Gasteiger partial charge in [0.2, 0.25) is 11.8 Å². The zero-order valence-electron chi connectivity index (χ0n) is 11.7. The summed E-state index contributed by atoms with van der Waals surface area (Å²) in [6, 6.07) is 14.4. The molecule has 21 heavy (non-hydrogen) atoms. The average molecular weight is 280 g/mol. The first-order chi connectivity index (χ1) is 10.4. The zero-order valence-corrected chi connectivity index (χ0v) is 11.7. The largest absolute Gasteiger partial charge is 0.420 e. The van der Waals surface area contributed by atoms with Crippen molar-refractivity contribution in [3.63, 3.8) is 0 Å². The SMILES string of the molecule is c1ccc2c(-c3nnc(C4CCCOC4)o3)cccc2c1. The van der Waals surface area contributed by atoms with Crippen molar-refractivity contribution in [1.82, 2.24) is 10.2 Å². The molecule has 0 spiro atoms. The molecule has 1 aromatic heterocycles. The molecule has 0 bridgehead atoms. The van der Waals surface area contributed by atoms with Gasteiger partial charge in [-0.15, -0.1) is 10.2 Å². The Morgan fingerprint density at radius 1 is 1.00 bits per heavy atom. The second-order valence-electron chi connectivity index (χ2n) is 5.39. The van der Waals surface area contributed by atoms with E-state index < -0.39 is 0 Å². The molecule has 3 aromatic rings. The summed E-state index contributed by atoms with van der Waals surface area (Å²) < 4.78 is 11.4. The van der Waals surface area contributed by atoms with Gasteiger partial charge >= 0.3 is 0 Å². The molecular formula is C17H16N2O2. The second kappa shape index (κ2) is 5.30. The lowest BCUT2D eigenvalue weighted by Gasteiger charge is -2.18. The van der Waals surface area contributed by atoms with Crippen LogP contribution in [0.15, 0.2) is 46.9 Å². The predicted molar refractivity (Wildman–Crippen MR) is 80.0 cm³/mol. The monoisotopic (exact) mass is 280 g/mol. The van der Waals surface area contributed by atoms with E-state index in [2.05, 4.69) is 28.4 Å². The van der Waals surface area contributed by atoms with E-state index in [1.807, 2.05) is 24.3 Å². The highest BCUT2D eigenvalue weighted by Gasteiger charge is 2.22. The van der Waals surface area contributed by atoms with Gasteiger partial charge in [-0.25, -0.2) is 0 Å². The minimum atomic E-state index is 0.231. The number of hydrogen-bond donors (Lipinski definition) is 0. The van der Waals surface area contributed by atoms with Crippen LogP contribution in [0.25, 0.3) is 22.2 Å². The predicted octanol–water partition coefficient (Wildman–Crippen LogP) is 3.78. The van der Waals surface area contributed by atoms with Gasteiger partial charge in [-0.3, -0.25) is 0 Å². The van der Waals surface area contributed by atoms with Crippen LogP contribution >= 0.6 is 0 Å². The minimum Gasteiger partial charge on any atom is -0.420 e. The molecule has 1 unspecified atom stereocenters. The minimum absolute atomic E-state index is 0.231. The maximum Gasteiger partial charge on any atom is 0.248 e. The molecule has 0 aliphatic carbocycles. The van der Waals surface area contributed by atoms with E-state index in [1.165, 1.54) is 5.39 Å². The first kappa shape index (κ1) is 12.5.